The van der Waals surface area contributed by atoms with Crippen molar-refractivity contribution in [3.63, 3.8) is 0 Å². The van der Waals surface area contributed by atoms with E-state index in [2.05, 4.69) is 30.7 Å². The number of hydrogen-bond donors (Lipinski definition) is 1. The first-order chi connectivity index (χ1) is 9.77. The molecule has 1 fully saturated rings. The van der Waals surface area contributed by atoms with Crippen LogP contribution in [-0.2, 0) is 16.8 Å². The van der Waals surface area contributed by atoms with Crippen LogP contribution in [0.15, 0.2) is 10.6 Å². The van der Waals surface area contributed by atoms with E-state index in [0.717, 1.165) is 25.1 Å². The lowest BCUT2D eigenvalue weighted by molar-refractivity contribution is -0.148. The fourth-order valence-corrected chi connectivity index (χ4v) is 2.98. The van der Waals surface area contributed by atoms with Crippen molar-refractivity contribution < 1.29 is 14.3 Å². The molecule has 0 amide bonds. The third-order valence-electron chi connectivity index (χ3n) is 4.27. The first kappa shape index (κ1) is 16.0. The molecule has 1 aromatic heterocycles. The molecule has 2 heterocycles. The maximum Gasteiger partial charge on any atom is 0.310 e. The molecule has 0 saturated carbocycles. The molecule has 1 aromatic rings. The van der Waals surface area contributed by atoms with Crippen LogP contribution in [0.3, 0.4) is 0 Å². The molecule has 2 rings (SSSR count). The topological polar surface area (TPSA) is 66.6 Å². The molecule has 21 heavy (non-hydrogen) atoms. The number of oxazole rings is 1. The Balaban J connectivity index is 2.02. The van der Waals surface area contributed by atoms with Crippen LogP contribution in [0.1, 0.15) is 58.6 Å². The SMILES string of the molecule is CCCC1(C(=O)O)CCN(Cc2ncc(C(C)(C)C)o2)C1. The second-order valence-corrected chi connectivity index (χ2v) is 7.16. The summed E-state index contributed by atoms with van der Waals surface area (Å²) >= 11 is 0. The molecule has 0 aromatic carbocycles. The fourth-order valence-electron chi connectivity index (χ4n) is 2.98. The van der Waals surface area contributed by atoms with Crippen molar-refractivity contribution >= 4 is 5.97 Å². The second-order valence-electron chi connectivity index (χ2n) is 7.16. The second kappa shape index (κ2) is 5.79. The minimum Gasteiger partial charge on any atom is -0.481 e. The van der Waals surface area contributed by atoms with Crippen molar-refractivity contribution in [2.75, 3.05) is 13.1 Å². The van der Waals surface area contributed by atoms with Crippen LogP contribution in [0.25, 0.3) is 0 Å². The highest BCUT2D eigenvalue weighted by molar-refractivity contribution is 5.75. The Hall–Kier alpha value is -1.36. The monoisotopic (exact) mass is 294 g/mol. The van der Waals surface area contributed by atoms with Gasteiger partial charge in [-0.3, -0.25) is 9.69 Å². The van der Waals surface area contributed by atoms with Crippen LogP contribution in [-0.4, -0.2) is 34.0 Å². The number of nitrogens with zero attached hydrogens (tertiary/aromatic N) is 2. The summed E-state index contributed by atoms with van der Waals surface area (Å²) in [6.45, 7) is 10.3. The highest BCUT2D eigenvalue weighted by Gasteiger charge is 2.44. The lowest BCUT2D eigenvalue weighted by Gasteiger charge is -2.23. The van der Waals surface area contributed by atoms with Gasteiger partial charge in [-0.15, -0.1) is 0 Å². The minimum atomic E-state index is -0.672. The fraction of sp³-hybridized carbons (Fsp3) is 0.750. The Bertz CT molecular complexity index is 504. The Kier molecular flexibility index (Phi) is 4.42. The lowest BCUT2D eigenvalue weighted by atomic mass is 9.83. The summed E-state index contributed by atoms with van der Waals surface area (Å²) in [6.07, 6.45) is 4.12. The van der Waals surface area contributed by atoms with Gasteiger partial charge in [0.15, 0.2) is 0 Å². The van der Waals surface area contributed by atoms with Crippen molar-refractivity contribution in [3.05, 3.63) is 17.8 Å². The molecule has 118 valence electrons. The normalized spacial score (nSPS) is 23.6. The van der Waals surface area contributed by atoms with Gasteiger partial charge >= 0.3 is 5.97 Å². The highest BCUT2D eigenvalue weighted by Crippen LogP contribution is 2.36. The highest BCUT2D eigenvalue weighted by atomic mass is 16.4. The van der Waals surface area contributed by atoms with Crippen LogP contribution >= 0.6 is 0 Å². The van der Waals surface area contributed by atoms with Gasteiger partial charge in [-0.05, 0) is 19.4 Å². The standard InChI is InChI=1S/C16H26N2O3/c1-5-6-16(14(19)20)7-8-18(11-16)10-13-17-9-12(21-13)15(2,3)4/h9H,5-8,10-11H2,1-4H3,(H,19,20). The van der Waals surface area contributed by atoms with E-state index in [1.54, 1.807) is 6.20 Å². The number of carboxylic acid groups (broad SMARTS) is 1. The third kappa shape index (κ3) is 3.46. The molecule has 0 aliphatic carbocycles. The summed E-state index contributed by atoms with van der Waals surface area (Å²) < 4.78 is 5.80. The molecule has 1 aliphatic heterocycles. The quantitative estimate of drug-likeness (QED) is 0.904. The lowest BCUT2D eigenvalue weighted by Crippen LogP contribution is -2.34. The third-order valence-corrected chi connectivity index (χ3v) is 4.27. The zero-order chi connectivity index (χ0) is 15.7. The van der Waals surface area contributed by atoms with Gasteiger partial charge in [-0.25, -0.2) is 4.98 Å². The minimum absolute atomic E-state index is 0.0523. The Morgan fingerprint density at radius 2 is 2.24 bits per heavy atom. The number of carboxylic acids is 1. The van der Waals surface area contributed by atoms with Gasteiger partial charge in [-0.2, -0.15) is 0 Å². The van der Waals surface area contributed by atoms with Crippen LogP contribution < -0.4 is 0 Å². The van der Waals surface area contributed by atoms with E-state index in [9.17, 15) is 9.90 Å². The van der Waals surface area contributed by atoms with Crippen molar-refractivity contribution in [2.45, 2.75) is 58.9 Å². The van der Waals surface area contributed by atoms with Crippen molar-refractivity contribution in [1.82, 2.24) is 9.88 Å². The van der Waals surface area contributed by atoms with Gasteiger partial charge in [0.1, 0.15) is 5.76 Å². The molecule has 0 bridgehead atoms. The van der Waals surface area contributed by atoms with E-state index >= 15 is 0 Å². The van der Waals surface area contributed by atoms with Crippen LogP contribution in [0.4, 0.5) is 0 Å². The first-order valence-corrected chi connectivity index (χ1v) is 7.68. The smallest absolute Gasteiger partial charge is 0.310 e. The van der Waals surface area contributed by atoms with E-state index in [1.165, 1.54) is 0 Å². The summed E-state index contributed by atoms with van der Waals surface area (Å²) in [4.78, 5) is 18.1. The van der Waals surface area contributed by atoms with Crippen molar-refractivity contribution in [2.24, 2.45) is 5.41 Å². The summed E-state index contributed by atoms with van der Waals surface area (Å²) in [5, 5.41) is 9.52. The number of rotatable bonds is 5. The summed E-state index contributed by atoms with van der Waals surface area (Å²) in [7, 11) is 0. The van der Waals surface area contributed by atoms with E-state index in [1.807, 2.05) is 6.92 Å². The molecule has 1 unspecified atom stereocenters. The average molecular weight is 294 g/mol. The number of carbonyl (C=O) groups is 1. The number of likely N-dealkylation sites (tertiary alicyclic amines) is 1. The Morgan fingerprint density at radius 3 is 2.76 bits per heavy atom. The number of aliphatic carboxylic acids is 1. The Morgan fingerprint density at radius 1 is 1.52 bits per heavy atom. The zero-order valence-corrected chi connectivity index (χ0v) is 13.5. The van der Waals surface area contributed by atoms with E-state index in [4.69, 9.17) is 4.42 Å². The van der Waals surface area contributed by atoms with Gasteiger partial charge in [0.2, 0.25) is 5.89 Å². The van der Waals surface area contributed by atoms with Crippen molar-refractivity contribution in [3.8, 4) is 0 Å². The van der Waals surface area contributed by atoms with Gasteiger partial charge < -0.3 is 9.52 Å². The molecular weight excluding hydrogens is 268 g/mol. The summed E-state index contributed by atoms with van der Waals surface area (Å²) in [5.41, 5.74) is -0.641. The van der Waals surface area contributed by atoms with E-state index in [-0.39, 0.29) is 5.41 Å². The number of aromatic nitrogens is 1. The number of hydrogen-bond acceptors (Lipinski definition) is 4. The molecular formula is C16H26N2O3. The summed E-state index contributed by atoms with van der Waals surface area (Å²) in [5.74, 6) is 0.877. The summed E-state index contributed by atoms with van der Waals surface area (Å²) in [6, 6.07) is 0. The predicted octanol–water partition coefficient (Wildman–Crippen LogP) is 3.05. The van der Waals surface area contributed by atoms with Gasteiger partial charge in [0.25, 0.3) is 0 Å². The maximum absolute atomic E-state index is 11.6. The van der Waals surface area contributed by atoms with Crippen LogP contribution in [0, 0.1) is 5.41 Å². The largest absolute Gasteiger partial charge is 0.481 e. The predicted molar refractivity (Wildman–Crippen MR) is 80.1 cm³/mol. The van der Waals surface area contributed by atoms with Crippen LogP contribution in [0.5, 0.6) is 0 Å². The molecule has 1 saturated heterocycles. The molecule has 0 radical (unpaired) electrons. The molecule has 1 aliphatic rings. The zero-order valence-electron chi connectivity index (χ0n) is 13.5. The van der Waals surface area contributed by atoms with Crippen molar-refractivity contribution in [1.29, 1.82) is 0 Å². The van der Waals surface area contributed by atoms with Crippen LogP contribution in [0.2, 0.25) is 0 Å². The first-order valence-electron chi connectivity index (χ1n) is 7.68. The van der Waals surface area contributed by atoms with E-state index in [0.29, 0.717) is 25.4 Å². The Labute approximate surface area is 126 Å². The molecule has 0 spiro atoms. The molecule has 5 heteroatoms. The van der Waals surface area contributed by atoms with Gasteiger partial charge in [0, 0.05) is 12.0 Å². The molecule has 5 nitrogen and oxygen atoms in total. The molecule has 1 atom stereocenters. The van der Waals surface area contributed by atoms with Gasteiger partial charge in [0.05, 0.1) is 18.2 Å². The average Bonchev–Trinajstić information content (AvgIpc) is 2.98. The van der Waals surface area contributed by atoms with Gasteiger partial charge in [-0.1, -0.05) is 34.1 Å². The molecule has 1 N–H and O–H groups in total. The van der Waals surface area contributed by atoms with E-state index < -0.39 is 11.4 Å². The maximum atomic E-state index is 11.6.